The number of amides is 1. The van der Waals surface area contributed by atoms with Crippen LogP contribution in [0.4, 0.5) is 0 Å². The SMILES string of the molecule is COc1cccc2c1CCC2(N)C(=O)N(C)Cc1cccnc1. The van der Waals surface area contributed by atoms with Crippen LogP contribution in [0.2, 0.25) is 0 Å². The highest BCUT2D eigenvalue weighted by molar-refractivity contribution is 5.89. The van der Waals surface area contributed by atoms with Gasteiger partial charge >= 0.3 is 0 Å². The van der Waals surface area contributed by atoms with Gasteiger partial charge in [-0.1, -0.05) is 18.2 Å². The van der Waals surface area contributed by atoms with Gasteiger partial charge in [-0.3, -0.25) is 9.78 Å². The monoisotopic (exact) mass is 311 g/mol. The van der Waals surface area contributed by atoms with Crippen molar-refractivity contribution >= 4 is 5.91 Å². The van der Waals surface area contributed by atoms with Crippen LogP contribution in [0.1, 0.15) is 23.1 Å². The fourth-order valence-corrected chi connectivity index (χ4v) is 3.29. The summed E-state index contributed by atoms with van der Waals surface area (Å²) in [6, 6.07) is 9.54. The van der Waals surface area contributed by atoms with Crippen molar-refractivity contribution in [2.24, 2.45) is 5.73 Å². The molecule has 0 saturated heterocycles. The number of nitrogens with two attached hydrogens (primary N) is 1. The lowest BCUT2D eigenvalue weighted by Gasteiger charge is -2.30. The van der Waals surface area contributed by atoms with E-state index in [0.717, 1.165) is 28.9 Å². The summed E-state index contributed by atoms with van der Waals surface area (Å²) in [5, 5.41) is 0. The van der Waals surface area contributed by atoms with E-state index in [1.807, 2.05) is 30.3 Å². The number of carbonyl (C=O) groups is 1. The lowest BCUT2D eigenvalue weighted by Crippen LogP contribution is -2.50. The maximum absolute atomic E-state index is 13.0. The van der Waals surface area contributed by atoms with Crippen LogP contribution in [0, 0.1) is 0 Å². The summed E-state index contributed by atoms with van der Waals surface area (Å²) in [5.41, 5.74) is 8.44. The van der Waals surface area contributed by atoms with Crippen LogP contribution in [-0.2, 0) is 23.3 Å². The van der Waals surface area contributed by atoms with Crippen LogP contribution in [0.3, 0.4) is 0 Å². The molecule has 1 heterocycles. The van der Waals surface area contributed by atoms with E-state index in [9.17, 15) is 4.79 Å². The van der Waals surface area contributed by atoms with Gasteiger partial charge in [0.1, 0.15) is 11.3 Å². The zero-order chi connectivity index (χ0) is 16.4. The van der Waals surface area contributed by atoms with Gasteiger partial charge in [-0.05, 0) is 41.7 Å². The van der Waals surface area contributed by atoms with E-state index >= 15 is 0 Å². The molecule has 0 aliphatic heterocycles. The number of methoxy groups -OCH3 is 1. The number of rotatable bonds is 4. The lowest BCUT2D eigenvalue weighted by molar-refractivity contribution is -0.136. The van der Waals surface area contributed by atoms with Crippen molar-refractivity contribution in [3.05, 3.63) is 59.4 Å². The van der Waals surface area contributed by atoms with Crippen molar-refractivity contribution in [3.63, 3.8) is 0 Å². The van der Waals surface area contributed by atoms with Crippen LogP contribution in [0.25, 0.3) is 0 Å². The molecule has 0 fully saturated rings. The second-order valence-corrected chi connectivity index (χ2v) is 5.98. The Balaban J connectivity index is 1.86. The Morgan fingerprint density at radius 3 is 2.91 bits per heavy atom. The highest BCUT2D eigenvalue weighted by Crippen LogP contribution is 2.40. The van der Waals surface area contributed by atoms with E-state index in [1.165, 1.54) is 0 Å². The highest BCUT2D eigenvalue weighted by atomic mass is 16.5. The van der Waals surface area contributed by atoms with Crippen LogP contribution in [0.5, 0.6) is 5.75 Å². The molecule has 5 heteroatoms. The number of pyridine rings is 1. The minimum atomic E-state index is -0.985. The molecular weight excluding hydrogens is 290 g/mol. The van der Waals surface area contributed by atoms with Crippen LogP contribution >= 0.6 is 0 Å². The number of ether oxygens (including phenoxy) is 1. The Labute approximate surface area is 136 Å². The molecule has 0 bridgehead atoms. The summed E-state index contributed by atoms with van der Waals surface area (Å²) < 4.78 is 5.40. The number of carbonyl (C=O) groups excluding carboxylic acids is 1. The minimum Gasteiger partial charge on any atom is -0.496 e. The van der Waals surface area contributed by atoms with Crippen molar-refractivity contribution < 1.29 is 9.53 Å². The molecule has 1 atom stereocenters. The van der Waals surface area contributed by atoms with Crippen LogP contribution < -0.4 is 10.5 Å². The van der Waals surface area contributed by atoms with E-state index in [-0.39, 0.29) is 5.91 Å². The first kappa shape index (κ1) is 15.5. The predicted octanol–water partition coefficient (Wildman–Crippen LogP) is 1.85. The quantitative estimate of drug-likeness (QED) is 0.935. The Morgan fingerprint density at radius 2 is 2.22 bits per heavy atom. The number of nitrogens with zero attached hydrogens (tertiary/aromatic N) is 2. The second-order valence-electron chi connectivity index (χ2n) is 5.98. The van der Waals surface area contributed by atoms with Crippen LogP contribution in [0.15, 0.2) is 42.7 Å². The Kier molecular flexibility index (Phi) is 4.05. The molecule has 23 heavy (non-hydrogen) atoms. The molecule has 1 aromatic carbocycles. The van der Waals surface area contributed by atoms with Gasteiger partial charge < -0.3 is 15.4 Å². The first-order chi connectivity index (χ1) is 11.1. The van der Waals surface area contributed by atoms with Gasteiger partial charge in [0, 0.05) is 26.0 Å². The highest BCUT2D eigenvalue weighted by Gasteiger charge is 2.44. The number of benzene rings is 1. The molecule has 1 unspecified atom stereocenters. The number of hydrogen-bond acceptors (Lipinski definition) is 4. The zero-order valence-corrected chi connectivity index (χ0v) is 13.5. The number of hydrogen-bond donors (Lipinski definition) is 1. The summed E-state index contributed by atoms with van der Waals surface area (Å²) in [5.74, 6) is 0.728. The average molecular weight is 311 g/mol. The maximum Gasteiger partial charge on any atom is 0.247 e. The van der Waals surface area contributed by atoms with E-state index in [0.29, 0.717) is 13.0 Å². The predicted molar refractivity (Wildman–Crippen MR) is 87.9 cm³/mol. The largest absolute Gasteiger partial charge is 0.496 e. The third-order valence-electron chi connectivity index (χ3n) is 4.47. The third-order valence-corrected chi connectivity index (χ3v) is 4.47. The molecule has 120 valence electrons. The summed E-state index contributed by atoms with van der Waals surface area (Å²) in [4.78, 5) is 18.7. The van der Waals surface area contributed by atoms with Gasteiger partial charge in [0.25, 0.3) is 0 Å². The molecule has 2 N–H and O–H groups in total. The van der Waals surface area contributed by atoms with Gasteiger partial charge in [-0.15, -0.1) is 0 Å². The van der Waals surface area contributed by atoms with E-state index < -0.39 is 5.54 Å². The smallest absolute Gasteiger partial charge is 0.247 e. The summed E-state index contributed by atoms with van der Waals surface area (Å²) in [6.45, 7) is 0.491. The molecule has 1 aliphatic rings. The number of fused-ring (bicyclic) bond motifs is 1. The molecule has 1 amide bonds. The molecule has 0 spiro atoms. The normalized spacial score (nSPS) is 19.3. The third kappa shape index (κ3) is 2.68. The van der Waals surface area contributed by atoms with E-state index in [1.54, 1.807) is 31.5 Å². The van der Waals surface area contributed by atoms with Gasteiger partial charge in [0.05, 0.1) is 7.11 Å². The maximum atomic E-state index is 13.0. The zero-order valence-electron chi connectivity index (χ0n) is 13.5. The Bertz CT molecular complexity index is 717. The van der Waals surface area contributed by atoms with Crippen molar-refractivity contribution in [2.45, 2.75) is 24.9 Å². The molecular formula is C18H21N3O2. The molecule has 0 saturated carbocycles. The van der Waals surface area contributed by atoms with Crippen molar-refractivity contribution in [1.82, 2.24) is 9.88 Å². The first-order valence-corrected chi connectivity index (χ1v) is 7.66. The molecule has 3 rings (SSSR count). The van der Waals surface area contributed by atoms with Crippen molar-refractivity contribution in [1.29, 1.82) is 0 Å². The molecule has 5 nitrogen and oxygen atoms in total. The molecule has 2 aromatic rings. The molecule has 0 radical (unpaired) electrons. The Morgan fingerprint density at radius 1 is 1.39 bits per heavy atom. The second kappa shape index (κ2) is 6.01. The van der Waals surface area contributed by atoms with E-state index in [2.05, 4.69) is 4.98 Å². The van der Waals surface area contributed by atoms with Gasteiger partial charge in [-0.25, -0.2) is 0 Å². The topological polar surface area (TPSA) is 68.5 Å². The standard InChI is InChI=1S/C18H21N3O2/c1-21(12-13-5-4-10-20-11-13)17(22)18(19)9-8-14-15(18)6-3-7-16(14)23-2/h3-7,10-11H,8-9,12,19H2,1-2H3. The first-order valence-electron chi connectivity index (χ1n) is 7.66. The number of likely N-dealkylation sites (N-methyl/N-ethyl adjacent to an activating group) is 1. The van der Waals surface area contributed by atoms with E-state index in [4.69, 9.17) is 10.5 Å². The summed E-state index contributed by atoms with van der Waals surface area (Å²) in [6.07, 6.45) is 4.83. The summed E-state index contributed by atoms with van der Waals surface area (Å²) >= 11 is 0. The minimum absolute atomic E-state index is 0.0756. The lowest BCUT2D eigenvalue weighted by atomic mass is 9.91. The van der Waals surface area contributed by atoms with Gasteiger partial charge in [-0.2, -0.15) is 0 Å². The molecule has 1 aliphatic carbocycles. The number of aromatic nitrogens is 1. The summed E-state index contributed by atoms with van der Waals surface area (Å²) in [7, 11) is 3.42. The molecule has 1 aromatic heterocycles. The fourth-order valence-electron chi connectivity index (χ4n) is 3.29. The van der Waals surface area contributed by atoms with Gasteiger partial charge in [0.2, 0.25) is 5.91 Å². The van der Waals surface area contributed by atoms with Crippen molar-refractivity contribution in [3.8, 4) is 5.75 Å². The Hall–Kier alpha value is -2.40. The fraction of sp³-hybridized carbons (Fsp3) is 0.333. The average Bonchev–Trinajstić information content (AvgIpc) is 2.93. The van der Waals surface area contributed by atoms with Crippen LogP contribution in [-0.4, -0.2) is 29.9 Å². The van der Waals surface area contributed by atoms with Gasteiger partial charge in [0.15, 0.2) is 0 Å². The van der Waals surface area contributed by atoms with Crippen molar-refractivity contribution in [2.75, 3.05) is 14.2 Å².